The zero-order valence-electron chi connectivity index (χ0n) is 8.74. The molecule has 0 unspecified atom stereocenters. The number of nitrogens with zero attached hydrogens (tertiary/aromatic N) is 1. The number of aliphatic imine (C=N–C) groups is 1. The molecule has 1 aliphatic heterocycles. The van der Waals surface area contributed by atoms with E-state index >= 15 is 0 Å². The molecule has 80 valence electrons. The summed E-state index contributed by atoms with van der Waals surface area (Å²) < 4.78 is 4.50. The number of thioether (sulfide) groups is 1. The molecule has 1 atom stereocenters. The Balaban J connectivity index is 2.37. The number of methoxy groups -OCH3 is 1. The monoisotopic (exact) mass is 216 g/mol. The van der Waals surface area contributed by atoms with Gasteiger partial charge in [-0.3, -0.25) is 9.79 Å². The fraction of sp³-hybridized carbons (Fsp3) is 0.778. The van der Waals surface area contributed by atoms with Crippen LogP contribution in [-0.4, -0.2) is 36.6 Å². The average molecular weight is 216 g/mol. The molecule has 5 heteroatoms. The summed E-state index contributed by atoms with van der Waals surface area (Å²) in [6, 6.07) is 0.469. The fourth-order valence-corrected chi connectivity index (χ4v) is 2.26. The zero-order chi connectivity index (χ0) is 10.6. The average Bonchev–Trinajstić information content (AvgIpc) is 2.62. The lowest BCUT2D eigenvalue weighted by atomic mass is 10.1. The van der Waals surface area contributed by atoms with Crippen molar-refractivity contribution < 1.29 is 9.53 Å². The molecular formula is C9H16N2O2S. The largest absolute Gasteiger partial charge is 0.468 e. The molecule has 0 aromatic carbocycles. The van der Waals surface area contributed by atoms with Crippen molar-refractivity contribution in [1.82, 2.24) is 5.32 Å². The van der Waals surface area contributed by atoms with E-state index in [0.717, 1.165) is 10.9 Å². The summed E-state index contributed by atoms with van der Waals surface area (Å²) in [5, 5.41) is 4.13. The molecular weight excluding hydrogens is 200 g/mol. The van der Waals surface area contributed by atoms with Gasteiger partial charge >= 0.3 is 5.97 Å². The van der Waals surface area contributed by atoms with Crippen molar-refractivity contribution in [3.8, 4) is 0 Å². The van der Waals surface area contributed by atoms with E-state index < -0.39 is 0 Å². The van der Waals surface area contributed by atoms with Gasteiger partial charge in [0.05, 0.1) is 7.11 Å². The number of ether oxygens (including phenoxy) is 1. The predicted octanol–water partition coefficient (Wildman–Crippen LogP) is 0.876. The molecule has 0 aromatic rings. The number of carbonyl (C=O) groups is 1. The number of carbonyl (C=O) groups excluding carboxylic acids is 1. The van der Waals surface area contributed by atoms with Gasteiger partial charge in [-0.1, -0.05) is 25.6 Å². The van der Waals surface area contributed by atoms with Crippen LogP contribution in [0.15, 0.2) is 4.99 Å². The molecule has 1 aliphatic rings. The lowest BCUT2D eigenvalue weighted by molar-refractivity contribution is -0.138. The van der Waals surface area contributed by atoms with Crippen molar-refractivity contribution in [3.63, 3.8) is 0 Å². The Morgan fingerprint density at radius 1 is 1.79 bits per heavy atom. The molecule has 0 aliphatic carbocycles. The summed E-state index contributed by atoms with van der Waals surface area (Å²) in [6.45, 7) is 4.44. The summed E-state index contributed by atoms with van der Waals surface area (Å²) in [5.41, 5.74) is 0. The predicted molar refractivity (Wildman–Crippen MR) is 58.5 cm³/mol. The molecule has 1 N–H and O–H groups in total. The van der Waals surface area contributed by atoms with Gasteiger partial charge in [-0.2, -0.15) is 0 Å². The minimum atomic E-state index is -0.298. The topological polar surface area (TPSA) is 50.7 Å². The molecule has 4 nitrogen and oxygen atoms in total. The number of esters is 1. The van der Waals surface area contributed by atoms with E-state index in [-0.39, 0.29) is 12.5 Å². The number of nitrogens with one attached hydrogen (secondary N) is 1. The zero-order valence-corrected chi connectivity index (χ0v) is 9.56. The Bertz CT molecular complexity index is 241. The first kappa shape index (κ1) is 11.4. The second-order valence-electron chi connectivity index (χ2n) is 3.50. The van der Waals surface area contributed by atoms with E-state index in [1.54, 1.807) is 11.8 Å². The van der Waals surface area contributed by atoms with Gasteiger partial charge in [-0.05, 0) is 5.92 Å². The minimum Gasteiger partial charge on any atom is -0.468 e. The van der Waals surface area contributed by atoms with Gasteiger partial charge < -0.3 is 10.1 Å². The van der Waals surface area contributed by atoms with Crippen LogP contribution >= 0.6 is 11.8 Å². The second kappa shape index (κ2) is 5.24. The molecule has 0 saturated carbocycles. The van der Waals surface area contributed by atoms with E-state index in [4.69, 9.17) is 0 Å². The third-order valence-electron chi connectivity index (χ3n) is 2.09. The van der Waals surface area contributed by atoms with Crippen LogP contribution in [0.4, 0.5) is 0 Å². The third kappa shape index (κ3) is 3.21. The number of hydrogen-bond donors (Lipinski definition) is 1. The standard InChI is InChI=1S/C9H16N2O2S/c1-6(2)7-5-14-9(11-7)10-4-8(12)13-3/h6-7H,4-5H2,1-3H3,(H,10,11)/t7-/m1/s1. The van der Waals surface area contributed by atoms with Gasteiger partial charge in [-0.15, -0.1) is 0 Å². The maximum absolute atomic E-state index is 10.8. The Kier molecular flexibility index (Phi) is 4.25. The van der Waals surface area contributed by atoms with Crippen molar-refractivity contribution in [3.05, 3.63) is 0 Å². The van der Waals surface area contributed by atoms with Crippen molar-refractivity contribution >= 4 is 22.9 Å². The van der Waals surface area contributed by atoms with Crippen LogP contribution in [0.25, 0.3) is 0 Å². The first-order valence-electron chi connectivity index (χ1n) is 4.64. The molecule has 0 amide bonds. The SMILES string of the molecule is COC(=O)CN=C1N[C@@H](C(C)C)CS1. The highest BCUT2D eigenvalue weighted by molar-refractivity contribution is 8.14. The maximum Gasteiger partial charge on any atom is 0.327 e. The van der Waals surface area contributed by atoms with Crippen LogP contribution in [-0.2, 0) is 9.53 Å². The Labute approximate surface area is 88.5 Å². The first-order valence-corrected chi connectivity index (χ1v) is 5.62. The van der Waals surface area contributed by atoms with E-state index in [1.807, 2.05) is 0 Å². The van der Waals surface area contributed by atoms with Gasteiger partial charge in [0.1, 0.15) is 6.54 Å². The summed E-state index contributed by atoms with van der Waals surface area (Å²) in [5.74, 6) is 1.32. The highest BCUT2D eigenvalue weighted by Crippen LogP contribution is 2.18. The van der Waals surface area contributed by atoms with Gasteiger partial charge in [0.25, 0.3) is 0 Å². The van der Waals surface area contributed by atoms with Gasteiger partial charge in [0, 0.05) is 11.8 Å². The van der Waals surface area contributed by atoms with Crippen LogP contribution in [0.5, 0.6) is 0 Å². The number of amidine groups is 1. The smallest absolute Gasteiger partial charge is 0.327 e. The molecule has 1 saturated heterocycles. The Morgan fingerprint density at radius 3 is 3.00 bits per heavy atom. The normalized spacial score (nSPS) is 24.0. The van der Waals surface area contributed by atoms with Crippen LogP contribution < -0.4 is 5.32 Å². The molecule has 0 aromatic heterocycles. The molecule has 14 heavy (non-hydrogen) atoms. The number of rotatable bonds is 3. The van der Waals surface area contributed by atoms with E-state index in [9.17, 15) is 4.79 Å². The first-order chi connectivity index (χ1) is 6.63. The molecule has 0 radical (unpaired) electrons. The van der Waals surface area contributed by atoms with E-state index in [0.29, 0.717) is 12.0 Å². The molecule has 1 fully saturated rings. The van der Waals surface area contributed by atoms with Gasteiger partial charge in [0.2, 0.25) is 0 Å². The second-order valence-corrected chi connectivity index (χ2v) is 4.51. The van der Waals surface area contributed by atoms with Gasteiger partial charge in [0.15, 0.2) is 5.17 Å². The Hall–Kier alpha value is -0.710. The fourth-order valence-electron chi connectivity index (χ4n) is 1.06. The van der Waals surface area contributed by atoms with Gasteiger partial charge in [-0.25, -0.2) is 0 Å². The van der Waals surface area contributed by atoms with Crippen molar-refractivity contribution in [2.24, 2.45) is 10.9 Å². The molecule has 0 spiro atoms. The van der Waals surface area contributed by atoms with Crippen molar-refractivity contribution in [1.29, 1.82) is 0 Å². The molecule has 0 bridgehead atoms. The highest BCUT2D eigenvalue weighted by Gasteiger charge is 2.22. The van der Waals surface area contributed by atoms with E-state index in [2.05, 4.69) is 28.9 Å². The lowest BCUT2D eigenvalue weighted by Crippen LogP contribution is -2.31. The van der Waals surface area contributed by atoms with Crippen molar-refractivity contribution in [2.75, 3.05) is 19.4 Å². The third-order valence-corrected chi connectivity index (χ3v) is 3.14. The van der Waals surface area contributed by atoms with Crippen LogP contribution in [0.1, 0.15) is 13.8 Å². The molecule has 1 heterocycles. The van der Waals surface area contributed by atoms with Crippen molar-refractivity contribution in [2.45, 2.75) is 19.9 Å². The minimum absolute atomic E-state index is 0.108. The maximum atomic E-state index is 10.8. The summed E-state index contributed by atoms with van der Waals surface area (Å²) in [7, 11) is 1.37. The highest BCUT2D eigenvalue weighted by atomic mass is 32.2. The number of hydrogen-bond acceptors (Lipinski definition) is 4. The van der Waals surface area contributed by atoms with Crippen LogP contribution in [0.3, 0.4) is 0 Å². The summed E-state index contributed by atoms with van der Waals surface area (Å²) >= 11 is 1.66. The van der Waals surface area contributed by atoms with E-state index in [1.165, 1.54) is 7.11 Å². The quantitative estimate of drug-likeness (QED) is 0.711. The van der Waals surface area contributed by atoms with Crippen LogP contribution in [0.2, 0.25) is 0 Å². The summed E-state index contributed by atoms with van der Waals surface area (Å²) in [6.07, 6.45) is 0. The lowest BCUT2D eigenvalue weighted by Gasteiger charge is -2.12. The Morgan fingerprint density at radius 2 is 2.50 bits per heavy atom. The molecule has 1 rings (SSSR count). The summed E-state index contributed by atoms with van der Waals surface area (Å²) in [4.78, 5) is 14.9. The van der Waals surface area contributed by atoms with Crippen LogP contribution in [0, 0.1) is 5.92 Å².